The second-order valence-corrected chi connectivity index (χ2v) is 7.60. The molecule has 8 heteroatoms. The number of benzene rings is 1. The molecule has 2 fully saturated rings. The summed E-state index contributed by atoms with van der Waals surface area (Å²) in [5.41, 5.74) is 6.44. The highest BCUT2D eigenvalue weighted by Gasteiger charge is 2.35. The van der Waals surface area contributed by atoms with Gasteiger partial charge in [0.2, 0.25) is 11.8 Å². The number of thioether (sulfide) groups is 1. The van der Waals surface area contributed by atoms with Gasteiger partial charge >= 0.3 is 0 Å². The van der Waals surface area contributed by atoms with Crippen LogP contribution in [0.4, 0.5) is 4.39 Å². The van der Waals surface area contributed by atoms with Crippen LogP contribution in [-0.2, 0) is 16.0 Å². The lowest BCUT2D eigenvalue weighted by atomic mass is 10.1. The number of amides is 2. The van der Waals surface area contributed by atoms with Gasteiger partial charge in [-0.1, -0.05) is 18.2 Å². The lowest BCUT2D eigenvalue weighted by molar-refractivity contribution is -0.137. The van der Waals surface area contributed by atoms with Crippen molar-refractivity contribution in [1.82, 2.24) is 10.2 Å². The van der Waals surface area contributed by atoms with Crippen molar-refractivity contribution in [2.24, 2.45) is 5.73 Å². The third-order valence-corrected chi connectivity index (χ3v) is 5.81. The number of hydrogen-bond donors (Lipinski definition) is 2. The van der Waals surface area contributed by atoms with Crippen molar-refractivity contribution in [2.45, 2.75) is 36.6 Å². The molecule has 3 rings (SSSR count). The fourth-order valence-corrected chi connectivity index (χ4v) is 4.34. The van der Waals surface area contributed by atoms with E-state index in [1.807, 2.05) is 0 Å². The smallest absolute Gasteiger partial charge is 0.246 e. The second kappa shape index (κ2) is 8.87. The summed E-state index contributed by atoms with van der Waals surface area (Å²) in [6.45, 7) is 1.25. The van der Waals surface area contributed by atoms with Crippen LogP contribution in [0.15, 0.2) is 24.3 Å². The molecule has 2 aliphatic rings. The van der Waals surface area contributed by atoms with E-state index in [0.717, 1.165) is 12.8 Å². The lowest BCUT2D eigenvalue weighted by Gasteiger charge is -2.36. The number of nitrogens with zero attached hydrogens (tertiary/aromatic N) is 1. The van der Waals surface area contributed by atoms with Crippen molar-refractivity contribution >= 4 is 36.0 Å². The highest BCUT2D eigenvalue weighted by Crippen LogP contribution is 2.24. The zero-order valence-corrected chi connectivity index (χ0v) is 15.5. The molecule has 2 amide bonds. The van der Waals surface area contributed by atoms with E-state index in [9.17, 15) is 14.0 Å². The van der Waals surface area contributed by atoms with Crippen LogP contribution in [0, 0.1) is 5.82 Å². The molecule has 0 bridgehead atoms. The Bertz CT molecular complexity index is 634. The van der Waals surface area contributed by atoms with Crippen LogP contribution >= 0.6 is 24.2 Å². The van der Waals surface area contributed by atoms with E-state index >= 15 is 0 Å². The summed E-state index contributed by atoms with van der Waals surface area (Å²) in [4.78, 5) is 26.6. The monoisotopic (exact) mass is 387 g/mol. The van der Waals surface area contributed by atoms with Crippen LogP contribution in [-0.4, -0.2) is 52.9 Å². The first kappa shape index (κ1) is 20.0. The van der Waals surface area contributed by atoms with E-state index < -0.39 is 6.04 Å². The average molecular weight is 388 g/mol. The molecule has 1 aromatic carbocycles. The maximum atomic E-state index is 13.7. The molecule has 0 spiro atoms. The number of piperidine rings is 1. The first-order chi connectivity index (χ1) is 11.5. The molecule has 138 valence electrons. The molecule has 0 radical (unpaired) electrons. The van der Waals surface area contributed by atoms with Crippen LogP contribution in [0.2, 0.25) is 0 Å². The number of halogens is 2. The molecule has 2 saturated heterocycles. The predicted octanol–water partition coefficient (Wildman–Crippen LogP) is 1.34. The summed E-state index contributed by atoms with van der Waals surface area (Å²) in [7, 11) is 0. The summed E-state index contributed by atoms with van der Waals surface area (Å²) in [5, 5.41) is 2.44. The van der Waals surface area contributed by atoms with Gasteiger partial charge in [0.1, 0.15) is 11.9 Å². The van der Waals surface area contributed by atoms with E-state index in [2.05, 4.69) is 5.32 Å². The molecular weight excluding hydrogens is 365 g/mol. The zero-order chi connectivity index (χ0) is 17.1. The maximum absolute atomic E-state index is 13.7. The quantitative estimate of drug-likeness (QED) is 0.820. The molecule has 2 aliphatic heterocycles. The van der Waals surface area contributed by atoms with Crippen molar-refractivity contribution in [3.63, 3.8) is 0 Å². The first-order valence-electron chi connectivity index (χ1n) is 8.24. The Balaban J connectivity index is 0.00000225. The molecule has 5 nitrogen and oxygen atoms in total. The van der Waals surface area contributed by atoms with Crippen LogP contribution in [0.1, 0.15) is 18.4 Å². The fourth-order valence-electron chi connectivity index (χ4n) is 3.17. The molecule has 1 aromatic rings. The fraction of sp³-hybridized carbons (Fsp3) is 0.529. The van der Waals surface area contributed by atoms with E-state index in [1.54, 1.807) is 23.1 Å². The van der Waals surface area contributed by atoms with Gasteiger partial charge < -0.3 is 16.0 Å². The van der Waals surface area contributed by atoms with Gasteiger partial charge in [-0.15, -0.1) is 24.2 Å². The van der Waals surface area contributed by atoms with Gasteiger partial charge in [0.25, 0.3) is 0 Å². The molecule has 3 N–H and O–H groups in total. The minimum absolute atomic E-state index is 0. The lowest BCUT2D eigenvalue weighted by Crippen LogP contribution is -2.57. The van der Waals surface area contributed by atoms with Crippen LogP contribution < -0.4 is 11.1 Å². The van der Waals surface area contributed by atoms with Gasteiger partial charge in [0, 0.05) is 24.9 Å². The topological polar surface area (TPSA) is 75.4 Å². The summed E-state index contributed by atoms with van der Waals surface area (Å²) >= 11 is 1.42. The van der Waals surface area contributed by atoms with Crippen molar-refractivity contribution in [3.05, 3.63) is 35.6 Å². The number of likely N-dealkylation sites (tertiary alicyclic amines) is 1. The number of rotatable bonds is 3. The summed E-state index contributed by atoms with van der Waals surface area (Å²) < 4.78 is 13.7. The first-order valence-corrected chi connectivity index (χ1v) is 9.29. The summed E-state index contributed by atoms with van der Waals surface area (Å²) in [6, 6.07) is 5.98. The molecule has 3 atom stereocenters. The highest BCUT2D eigenvalue weighted by atomic mass is 35.5. The number of carbonyl (C=O) groups excluding carboxylic acids is 2. The van der Waals surface area contributed by atoms with Gasteiger partial charge in [0.15, 0.2) is 0 Å². The minimum Gasteiger partial charge on any atom is -0.343 e. The SMILES string of the molecule is Cl.NC1CCCN(C(=O)C2CSC(Cc3ccccc3F)C(=O)N2)C1. The molecule has 0 saturated carbocycles. The minimum atomic E-state index is -0.510. The standard InChI is InChI=1S/C17H22FN3O2S.ClH/c18-13-6-2-1-4-11(13)8-15-16(22)20-14(10-24-15)17(23)21-7-3-5-12(19)9-21;/h1-2,4,6,12,14-15H,3,5,7-10,19H2,(H,20,22);1H. The van der Waals surface area contributed by atoms with E-state index in [0.29, 0.717) is 30.8 Å². The summed E-state index contributed by atoms with van der Waals surface area (Å²) in [6.07, 6.45) is 2.16. The van der Waals surface area contributed by atoms with Crippen LogP contribution in [0.5, 0.6) is 0 Å². The Labute approximate surface area is 157 Å². The van der Waals surface area contributed by atoms with Gasteiger partial charge in [0.05, 0.1) is 5.25 Å². The van der Waals surface area contributed by atoms with Gasteiger partial charge in [-0.05, 0) is 30.9 Å². The molecule has 25 heavy (non-hydrogen) atoms. The number of nitrogens with two attached hydrogens (primary N) is 1. The molecule has 2 heterocycles. The van der Waals surface area contributed by atoms with Crippen molar-refractivity contribution in [2.75, 3.05) is 18.8 Å². The average Bonchev–Trinajstić information content (AvgIpc) is 2.58. The van der Waals surface area contributed by atoms with Crippen molar-refractivity contribution in [3.8, 4) is 0 Å². The second-order valence-electron chi connectivity index (χ2n) is 6.37. The van der Waals surface area contributed by atoms with E-state index in [1.165, 1.54) is 17.8 Å². The third kappa shape index (κ3) is 4.86. The normalized spacial score (nSPS) is 26.6. The number of carbonyl (C=O) groups is 2. The highest BCUT2D eigenvalue weighted by molar-refractivity contribution is 8.00. The van der Waals surface area contributed by atoms with Crippen molar-refractivity contribution < 1.29 is 14.0 Å². The van der Waals surface area contributed by atoms with Gasteiger partial charge in [-0.2, -0.15) is 0 Å². The van der Waals surface area contributed by atoms with Gasteiger partial charge in [-0.25, -0.2) is 4.39 Å². The van der Waals surface area contributed by atoms with Crippen LogP contribution in [0.3, 0.4) is 0 Å². The van der Waals surface area contributed by atoms with Gasteiger partial charge in [-0.3, -0.25) is 9.59 Å². The Morgan fingerprint density at radius 3 is 2.84 bits per heavy atom. The Morgan fingerprint density at radius 2 is 2.16 bits per heavy atom. The zero-order valence-electron chi connectivity index (χ0n) is 13.8. The molecular formula is C17H23ClFN3O2S. The van der Waals surface area contributed by atoms with Crippen LogP contribution in [0.25, 0.3) is 0 Å². The third-order valence-electron chi connectivity index (χ3n) is 4.50. The molecule has 0 aromatic heterocycles. The summed E-state index contributed by atoms with van der Waals surface area (Å²) in [5.74, 6) is -0.0500. The van der Waals surface area contributed by atoms with E-state index in [-0.39, 0.29) is 41.3 Å². The molecule has 3 unspecified atom stereocenters. The Kier molecular flexibility index (Phi) is 7.10. The molecule has 0 aliphatic carbocycles. The van der Waals surface area contributed by atoms with E-state index in [4.69, 9.17) is 5.73 Å². The number of hydrogen-bond acceptors (Lipinski definition) is 4. The predicted molar refractivity (Wildman–Crippen MR) is 99.3 cm³/mol. The Morgan fingerprint density at radius 1 is 1.40 bits per heavy atom. The Hall–Kier alpha value is -1.31. The largest absolute Gasteiger partial charge is 0.343 e. The number of nitrogens with one attached hydrogen (secondary N) is 1. The maximum Gasteiger partial charge on any atom is 0.246 e. The van der Waals surface area contributed by atoms with Crippen molar-refractivity contribution in [1.29, 1.82) is 0 Å².